The summed E-state index contributed by atoms with van der Waals surface area (Å²) in [6.07, 6.45) is 1.77. The van der Waals surface area contributed by atoms with Gasteiger partial charge in [-0.25, -0.2) is 9.18 Å². The van der Waals surface area contributed by atoms with Crippen molar-refractivity contribution in [2.24, 2.45) is 0 Å². The van der Waals surface area contributed by atoms with E-state index in [9.17, 15) is 9.18 Å². The second-order valence-corrected chi connectivity index (χ2v) is 7.32. The first-order valence-corrected chi connectivity index (χ1v) is 9.29. The van der Waals surface area contributed by atoms with Crippen LogP contribution in [-0.4, -0.2) is 36.6 Å². The molecule has 2 aliphatic rings. The Balaban J connectivity index is 1.89. The number of hydrogen-bond acceptors (Lipinski definition) is 2. The number of benzene rings is 2. The molecule has 2 aromatic carbocycles. The Kier molecular flexibility index (Phi) is 4.59. The normalized spacial score (nSPS) is 23.9. The third kappa shape index (κ3) is 2.85. The third-order valence-electron chi connectivity index (χ3n) is 5.42. The van der Waals surface area contributed by atoms with E-state index in [1.165, 1.54) is 12.1 Å². The summed E-state index contributed by atoms with van der Waals surface area (Å²) in [5.41, 5.74) is 1.13. The molecule has 2 aliphatic heterocycles. The van der Waals surface area contributed by atoms with Crippen LogP contribution in [0.3, 0.4) is 0 Å². The fourth-order valence-electron chi connectivity index (χ4n) is 4.21. The lowest BCUT2D eigenvalue weighted by Crippen LogP contribution is -2.53. The van der Waals surface area contributed by atoms with Gasteiger partial charge in [0.2, 0.25) is 0 Å². The van der Waals surface area contributed by atoms with E-state index in [4.69, 9.17) is 11.6 Å². The lowest BCUT2D eigenvalue weighted by molar-refractivity contribution is 0.121. The van der Waals surface area contributed by atoms with Crippen LogP contribution in [-0.2, 0) is 5.54 Å². The topological polar surface area (TPSA) is 44.4 Å². The highest BCUT2D eigenvalue weighted by Gasteiger charge is 2.51. The maximum absolute atomic E-state index is 13.6. The Bertz CT molecular complexity index is 807. The van der Waals surface area contributed by atoms with Gasteiger partial charge < -0.3 is 15.5 Å². The smallest absolute Gasteiger partial charge is 0.318 e. The Morgan fingerprint density at radius 3 is 2.50 bits per heavy atom. The van der Waals surface area contributed by atoms with Crippen molar-refractivity contribution in [3.05, 3.63) is 70.5 Å². The SMILES string of the molecule is O=C1NCC(c2ccc(F)cc2)(c2cccc(Cl)c2)N1C1CCNCC1. The summed E-state index contributed by atoms with van der Waals surface area (Å²) >= 11 is 6.27. The molecule has 2 amide bonds. The zero-order chi connectivity index (χ0) is 18.1. The molecular weight excluding hydrogens is 353 g/mol. The van der Waals surface area contributed by atoms with Crippen molar-refractivity contribution in [2.75, 3.05) is 19.6 Å². The minimum absolute atomic E-state index is 0.0822. The predicted octanol–water partition coefficient (Wildman–Crippen LogP) is 3.50. The summed E-state index contributed by atoms with van der Waals surface area (Å²) in [4.78, 5) is 14.8. The zero-order valence-electron chi connectivity index (χ0n) is 14.3. The van der Waals surface area contributed by atoms with Crippen molar-refractivity contribution in [1.29, 1.82) is 0 Å². The van der Waals surface area contributed by atoms with Crippen LogP contribution >= 0.6 is 11.6 Å². The van der Waals surface area contributed by atoms with Crippen LogP contribution in [0.5, 0.6) is 0 Å². The van der Waals surface area contributed by atoms with Gasteiger partial charge >= 0.3 is 6.03 Å². The Morgan fingerprint density at radius 2 is 1.81 bits per heavy atom. The molecule has 26 heavy (non-hydrogen) atoms. The van der Waals surface area contributed by atoms with Gasteiger partial charge in [0, 0.05) is 11.1 Å². The maximum atomic E-state index is 13.6. The average Bonchev–Trinajstić information content (AvgIpc) is 3.01. The molecule has 6 heteroatoms. The van der Waals surface area contributed by atoms with Gasteiger partial charge in [0.15, 0.2) is 0 Å². The number of amides is 2. The monoisotopic (exact) mass is 373 g/mol. The standard InChI is InChI=1S/C20H21ClFN3O/c21-16-3-1-2-15(12-16)20(14-4-6-17(22)7-5-14)13-24-19(26)25(20)18-8-10-23-11-9-18/h1-7,12,18,23H,8-11,13H2,(H,24,26). The van der Waals surface area contributed by atoms with Crippen LogP contribution in [0.25, 0.3) is 0 Å². The first-order chi connectivity index (χ1) is 12.6. The largest absolute Gasteiger partial charge is 0.335 e. The number of rotatable bonds is 3. The van der Waals surface area contributed by atoms with Crippen LogP contribution in [0, 0.1) is 5.82 Å². The van der Waals surface area contributed by atoms with E-state index < -0.39 is 5.54 Å². The first-order valence-electron chi connectivity index (χ1n) is 8.91. The van der Waals surface area contributed by atoms with Crippen molar-refractivity contribution in [3.8, 4) is 0 Å². The minimum atomic E-state index is -0.697. The van der Waals surface area contributed by atoms with Gasteiger partial charge in [0.05, 0.1) is 6.54 Å². The number of piperidine rings is 1. The molecule has 2 fully saturated rings. The van der Waals surface area contributed by atoms with E-state index >= 15 is 0 Å². The van der Waals surface area contributed by atoms with Gasteiger partial charge in [-0.1, -0.05) is 35.9 Å². The number of urea groups is 1. The third-order valence-corrected chi connectivity index (χ3v) is 5.66. The van der Waals surface area contributed by atoms with Gasteiger partial charge in [0.25, 0.3) is 0 Å². The molecule has 0 aromatic heterocycles. The van der Waals surface area contributed by atoms with Crippen molar-refractivity contribution < 1.29 is 9.18 Å². The number of halogens is 2. The fraction of sp³-hybridized carbons (Fsp3) is 0.350. The van der Waals surface area contributed by atoms with E-state index in [1.807, 2.05) is 29.2 Å². The molecule has 4 rings (SSSR count). The van der Waals surface area contributed by atoms with Crippen LogP contribution in [0.4, 0.5) is 9.18 Å². The van der Waals surface area contributed by atoms with Crippen LogP contribution < -0.4 is 10.6 Å². The summed E-state index contributed by atoms with van der Waals surface area (Å²) in [6.45, 7) is 2.19. The van der Waals surface area contributed by atoms with E-state index in [0.29, 0.717) is 11.6 Å². The van der Waals surface area contributed by atoms with E-state index in [0.717, 1.165) is 37.1 Å². The Labute approximate surface area is 157 Å². The quantitative estimate of drug-likeness (QED) is 0.864. The zero-order valence-corrected chi connectivity index (χ0v) is 15.1. The molecule has 2 saturated heterocycles. The molecular formula is C20H21ClFN3O. The molecule has 0 saturated carbocycles. The number of hydrogen-bond donors (Lipinski definition) is 2. The molecule has 136 valence electrons. The second-order valence-electron chi connectivity index (χ2n) is 6.89. The Hall–Kier alpha value is -2.11. The van der Waals surface area contributed by atoms with Crippen LogP contribution in [0.2, 0.25) is 5.02 Å². The number of carbonyl (C=O) groups excluding carboxylic acids is 1. The summed E-state index contributed by atoms with van der Waals surface area (Å²) in [6, 6.07) is 14.1. The highest BCUT2D eigenvalue weighted by atomic mass is 35.5. The minimum Gasteiger partial charge on any atom is -0.335 e. The number of nitrogens with one attached hydrogen (secondary N) is 2. The highest BCUT2D eigenvalue weighted by Crippen LogP contribution is 2.42. The molecule has 0 spiro atoms. The molecule has 1 unspecified atom stereocenters. The molecule has 1 atom stereocenters. The molecule has 2 aromatic rings. The second kappa shape index (κ2) is 6.89. The van der Waals surface area contributed by atoms with Crippen LogP contribution in [0.15, 0.2) is 48.5 Å². The fourth-order valence-corrected chi connectivity index (χ4v) is 4.40. The molecule has 2 N–H and O–H groups in total. The molecule has 0 bridgehead atoms. The summed E-state index contributed by atoms with van der Waals surface area (Å²) in [5, 5.41) is 6.99. The number of nitrogens with zero attached hydrogens (tertiary/aromatic N) is 1. The predicted molar refractivity (Wildman–Crippen MR) is 99.8 cm³/mol. The van der Waals surface area contributed by atoms with E-state index in [1.54, 1.807) is 12.1 Å². The van der Waals surface area contributed by atoms with Gasteiger partial charge in [-0.15, -0.1) is 0 Å². The van der Waals surface area contributed by atoms with Gasteiger partial charge in [-0.05, 0) is 61.3 Å². The first kappa shape index (κ1) is 17.3. The average molecular weight is 374 g/mol. The Morgan fingerprint density at radius 1 is 1.08 bits per heavy atom. The van der Waals surface area contributed by atoms with Crippen molar-refractivity contribution in [2.45, 2.75) is 24.4 Å². The molecule has 4 nitrogen and oxygen atoms in total. The van der Waals surface area contributed by atoms with Crippen molar-refractivity contribution >= 4 is 17.6 Å². The summed E-state index contributed by atoms with van der Waals surface area (Å²) < 4.78 is 13.6. The lowest BCUT2D eigenvalue weighted by atomic mass is 9.80. The van der Waals surface area contributed by atoms with Crippen molar-refractivity contribution in [3.63, 3.8) is 0 Å². The number of carbonyl (C=O) groups is 1. The highest BCUT2D eigenvalue weighted by molar-refractivity contribution is 6.30. The molecule has 2 heterocycles. The van der Waals surface area contributed by atoms with E-state index in [-0.39, 0.29) is 17.9 Å². The van der Waals surface area contributed by atoms with Gasteiger partial charge in [-0.3, -0.25) is 0 Å². The van der Waals surface area contributed by atoms with Gasteiger partial charge in [-0.2, -0.15) is 0 Å². The van der Waals surface area contributed by atoms with Crippen molar-refractivity contribution in [1.82, 2.24) is 15.5 Å². The molecule has 0 aliphatic carbocycles. The lowest BCUT2D eigenvalue weighted by Gasteiger charge is -2.44. The van der Waals surface area contributed by atoms with Crippen LogP contribution in [0.1, 0.15) is 24.0 Å². The summed E-state index contributed by atoms with van der Waals surface area (Å²) in [5.74, 6) is -0.291. The maximum Gasteiger partial charge on any atom is 0.318 e. The van der Waals surface area contributed by atoms with Gasteiger partial charge in [0.1, 0.15) is 11.4 Å². The summed E-state index contributed by atoms with van der Waals surface area (Å²) in [7, 11) is 0. The molecule has 0 radical (unpaired) electrons. The van der Waals surface area contributed by atoms with E-state index in [2.05, 4.69) is 10.6 Å².